The van der Waals surface area contributed by atoms with Crippen molar-refractivity contribution < 1.29 is 0 Å². The molecule has 0 saturated heterocycles. The van der Waals surface area contributed by atoms with Gasteiger partial charge in [0.2, 0.25) is 0 Å². The number of nitrogens with zero attached hydrogens (tertiary/aromatic N) is 2. The molecule has 1 aromatic rings. The van der Waals surface area contributed by atoms with E-state index in [2.05, 4.69) is 36.5 Å². The largest absolute Gasteiger partial charge is 0.309 e. The van der Waals surface area contributed by atoms with Crippen LogP contribution in [0.25, 0.3) is 0 Å². The van der Waals surface area contributed by atoms with Gasteiger partial charge in [-0.05, 0) is 37.3 Å². The van der Waals surface area contributed by atoms with Gasteiger partial charge in [-0.15, -0.1) is 0 Å². The first-order valence-corrected chi connectivity index (χ1v) is 7.97. The Hall–Kier alpha value is -0.830. The molecular weight excluding hydrogens is 234 g/mol. The Kier molecular flexibility index (Phi) is 5.44. The van der Waals surface area contributed by atoms with Gasteiger partial charge in [0.25, 0.3) is 0 Å². The Bertz CT molecular complexity index is 364. The molecule has 3 nitrogen and oxygen atoms in total. The van der Waals surface area contributed by atoms with Gasteiger partial charge in [0.05, 0.1) is 11.7 Å². The van der Waals surface area contributed by atoms with E-state index in [1.807, 2.05) is 11.7 Å². The van der Waals surface area contributed by atoms with Crippen molar-refractivity contribution in [3.05, 3.63) is 18.0 Å². The number of aryl methyl sites for hydroxylation is 1. The van der Waals surface area contributed by atoms with Crippen LogP contribution in [0.2, 0.25) is 0 Å². The molecule has 1 aliphatic carbocycles. The van der Waals surface area contributed by atoms with E-state index in [0.29, 0.717) is 6.04 Å². The highest BCUT2D eigenvalue weighted by Gasteiger charge is 2.28. The third-order valence-corrected chi connectivity index (χ3v) is 4.54. The first kappa shape index (κ1) is 14.6. The molecule has 1 heterocycles. The van der Waals surface area contributed by atoms with Gasteiger partial charge in [-0.1, -0.05) is 39.5 Å². The number of nitrogens with one attached hydrogen (secondary N) is 1. The molecule has 108 valence electrons. The third kappa shape index (κ3) is 3.82. The third-order valence-electron chi connectivity index (χ3n) is 4.54. The SMILES string of the molecule is CCCC1CCC(C(NCC)c2ccn(C)n2)CC1. The number of rotatable bonds is 6. The molecule has 1 atom stereocenters. The van der Waals surface area contributed by atoms with Crippen LogP contribution in [-0.4, -0.2) is 16.3 Å². The van der Waals surface area contributed by atoms with Crippen LogP contribution in [0.15, 0.2) is 12.3 Å². The van der Waals surface area contributed by atoms with E-state index in [1.165, 1.54) is 44.2 Å². The average Bonchev–Trinajstić information content (AvgIpc) is 2.84. The summed E-state index contributed by atoms with van der Waals surface area (Å²) in [7, 11) is 2.00. The van der Waals surface area contributed by atoms with E-state index in [1.54, 1.807) is 0 Å². The molecule has 0 spiro atoms. The summed E-state index contributed by atoms with van der Waals surface area (Å²) >= 11 is 0. The van der Waals surface area contributed by atoms with Crippen LogP contribution in [0.3, 0.4) is 0 Å². The maximum atomic E-state index is 4.61. The monoisotopic (exact) mass is 263 g/mol. The van der Waals surface area contributed by atoms with Crippen molar-refractivity contribution in [2.24, 2.45) is 18.9 Å². The van der Waals surface area contributed by atoms with Gasteiger partial charge in [-0.25, -0.2) is 0 Å². The van der Waals surface area contributed by atoms with E-state index < -0.39 is 0 Å². The molecule has 1 aliphatic rings. The first-order chi connectivity index (χ1) is 9.24. The zero-order chi connectivity index (χ0) is 13.7. The highest BCUT2D eigenvalue weighted by molar-refractivity contribution is 5.07. The Balaban J connectivity index is 1.97. The van der Waals surface area contributed by atoms with Crippen LogP contribution in [0.4, 0.5) is 0 Å². The zero-order valence-electron chi connectivity index (χ0n) is 12.7. The molecule has 1 fully saturated rings. The van der Waals surface area contributed by atoms with E-state index >= 15 is 0 Å². The predicted octanol–water partition coefficient (Wildman–Crippen LogP) is 3.68. The number of hydrogen-bond acceptors (Lipinski definition) is 2. The summed E-state index contributed by atoms with van der Waals surface area (Å²) < 4.78 is 1.92. The van der Waals surface area contributed by atoms with Crippen LogP contribution < -0.4 is 5.32 Å². The Morgan fingerprint density at radius 1 is 1.32 bits per heavy atom. The van der Waals surface area contributed by atoms with E-state index in [-0.39, 0.29) is 0 Å². The van der Waals surface area contributed by atoms with Crippen molar-refractivity contribution in [3.8, 4) is 0 Å². The van der Waals surface area contributed by atoms with E-state index in [9.17, 15) is 0 Å². The molecule has 1 aromatic heterocycles. The summed E-state index contributed by atoms with van der Waals surface area (Å²) in [5, 5.41) is 8.27. The van der Waals surface area contributed by atoms with Crippen molar-refractivity contribution in [1.82, 2.24) is 15.1 Å². The molecule has 1 N–H and O–H groups in total. The molecule has 1 saturated carbocycles. The summed E-state index contributed by atoms with van der Waals surface area (Å²) in [6.45, 7) is 5.52. The topological polar surface area (TPSA) is 29.9 Å². The van der Waals surface area contributed by atoms with Crippen LogP contribution in [0, 0.1) is 11.8 Å². The van der Waals surface area contributed by atoms with Crippen molar-refractivity contribution in [2.75, 3.05) is 6.54 Å². The second kappa shape index (κ2) is 7.09. The Morgan fingerprint density at radius 2 is 2.05 bits per heavy atom. The fourth-order valence-corrected chi connectivity index (χ4v) is 3.55. The lowest BCUT2D eigenvalue weighted by Crippen LogP contribution is -2.31. The van der Waals surface area contributed by atoms with Gasteiger partial charge in [0.15, 0.2) is 0 Å². The van der Waals surface area contributed by atoms with Crippen LogP contribution in [-0.2, 0) is 7.05 Å². The van der Waals surface area contributed by atoms with E-state index in [4.69, 9.17) is 0 Å². The van der Waals surface area contributed by atoms with Crippen LogP contribution >= 0.6 is 0 Å². The van der Waals surface area contributed by atoms with Gasteiger partial charge >= 0.3 is 0 Å². The normalized spacial score (nSPS) is 25.4. The summed E-state index contributed by atoms with van der Waals surface area (Å²) in [6.07, 6.45) is 10.4. The standard InChI is InChI=1S/C16H29N3/c1-4-6-13-7-9-14(10-8-13)16(17-5-2)15-11-12-19(3)18-15/h11-14,16-17H,4-10H2,1-3H3. The lowest BCUT2D eigenvalue weighted by Gasteiger charge is -2.33. The Labute approximate surface area is 117 Å². The highest BCUT2D eigenvalue weighted by Crippen LogP contribution is 2.37. The molecule has 19 heavy (non-hydrogen) atoms. The summed E-state index contributed by atoms with van der Waals surface area (Å²) in [6, 6.07) is 2.62. The van der Waals surface area contributed by atoms with Gasteiger partial charge in [0, 0.05) is 13.2 Å². The van der Waals surface area contributed by atoms with Crippen LogP contribution in [0.5, 0.6) is 0 Å². The fourth-order valence-electron chi connectivity index (χ4n) is 3.55. The van der Waals surface area contributed by atoms with Crippen LogP contribution in [0.1, 0.15) is 64.1 Å². The minimum Gasteiger partial charge on any atom is -0.309 e. The summed E-state index contributed by atoms with van der Waals surface area (Å²) in [5.74, 6) is 1.75. The first-order valence-electron chi connectivity index (χ1n) is 7.97. The second-order valence-electron chi connectivity index (χ2n) is 6.02. The molecule has 0 aliphatic heterocycles. The maximum absolute atomic E-state index is 4.61. The lowest BCUT2D eigenvalue weighted by atomic mass is 9.76. The van der Waals surface area contributed by atoms with Crippen molar-refractivity contribution in [2.45, 2.75) is 58.4 Å². The second-order valence-corrected chi connectivity index (χ2v) is 6.02. The Morgan fingerprint density at radius 3 is 2.58 bits per heavy atom. The smallest absolute Gasteiger partial charge is 0.0796 e. The molecule has 0 radical (unpaired) electrons. The zero-order valence-corrected chi connectivity index (χ0v) is 12.7. The summed E-state index contributed by atoms with van der Waals surface area (Å²) in [5.41, 5.74) is 1.23. The number of aromatic nitrogens is 2. The lowest BCUT2D eigenvalue weighted by molar-refractivity contribution is 0.213. The molecule has 0 bridgehead atoms. The van der Waals surface area contributed by atoms with Gasteiger partial charge in [-0.2, -0.15) is 5.10 Å². The maximum Gasteiger partial charge on any atom is 0.0796 e. The highest BCUT2D eigenvalue weighted by atomic mass is 15.3. The fraction of sp³-hybridized carbons (Fsp3) is 0.812. The van der Waals surface area contributed by atoms with Crippen molar-refractivity contribution in [1.29, 1.82) is 0 Å². The van der Waals surface area contributed by atoms with Crippen molar-refractivity contribution in [3.63, 3.8) is 0 Å². The minimum atomic E-state index is 0.453. The average molecular weight is 263 g/mol. The molecule has 2 rings (SSSR count). The quantitative estimate of drug-likeness (QED) is 0.848. The summed E-state index contributed by atoms with van der Waals surface area (Å²) in [4.78, 5) is 0. The van der Waals surface area contributed by atoms with E-state index in [0.717, 1.165) is 18.4 Å². The molecule has 0 aromatic carbocycles. The van der Waals surface area contributed by atoms with Gasteiger partial charge in [-0.3, -0.25) is 4.68 Å². The molecule has 3 heteroatoms. The molecule has 1 unspecified atom stereocenters. The van der Waals surface area contributed by atoms with Gasteiger partial charge in [0.1, 0.15) is 0 Å². The van der Waals surface area contributed by atoms with Gasteiger partial charge < -0.3 is 5.32 Å². The minimum absolute atomic E-state index is 0.453. The predicted molar refractivity (Wildman–Crippen MR) is 80.0 cm³/mol. The van der Waals surface area contributed by atoms with Crippen molar-refractivity contribution >= 4 is 0 Å². The molecular formula is C16H29N3. The molecule has 0 amide bonds. The number of hydrogen-bond donors (Lipinski definition) is 1.